The monoisotopic (exact) mass is 297 g/mol. The van der Waals surface area contributed by atoms with Gasteiger partial charge in [-0.15, -0.1) is 11.3 Å². The Kier molecular flexibility index (Phi) is 4.91. The molecule has 0 atom stereocenters. The number of primary amides is 1. The molecule has 1 aliphatic rings. The van der Waals surface area contributed by atoms with E-state index in [1.807, 2.05) is 4.90 Å². The molecule has 2 rings (SSSR count). The Morgan fingerprint density at radius 1 is 1.45 bits per heavy atom. The Balaban J connectivity index is 1.72. The van der Waals surface area contributed by atoms with Gasteiger partial charge in [-0.05, 0) is 12.8 Å². The Hall–Kier alpha value is -1.67. The van der Waals surface area contributed by atoms with Crippen LogP contribution in [0.4, 0.5) is 5.13 Å². The van der Waals surface area contributed by atoms with Crippen LogP contribution in [0.1, 0.15) is 18.5 Å². The van der Waals surface area contributed by atoms with Gasteiger partial charge in [-0.25, -0.2) is 4.98 Å². The summed E-state index contributed by atoms with van der Waals surface area (Å²) in [7, 11) is 0. The summed E-state index contributed by atoms with van der Waals surface area (Å²) in [5.74, 6) is -0.350. The molecule has 1 aromatic heterocycles. The Morgan fingerprint density at radius 3 is 2.70 bits per heavy atom. The number of piperidine rings is 1. The third-order valence-electron chi connectivity index (χ3n) is 3.24. The van der Waals surface area contributed by atoms with Gasteiger partial charge >= 0.3 is 0 Å². The number of nitrogen functional groups attached to an aromatic ring is 1. The van der Waals surface area contributed by atoms with Crippen molar-refractivity contribution in [2.45, 2.75) is 25.3 Å². The minimum atomic E-state index is -0.311. The molecule has 0 spiro atoms. The number of nitrogens with one attached hydrogen (secondary N) is 1. The summed E-state index contributed by atoms with van der Waals surface area (Å²) in [5.41, 5.74) is 11.4. The predicted molar refractivity (Wildman–Crippen MR) is 77.0 cm³/mol. The molecule has 8 heteroatoms. The van der Waals surface area contributed by atoms with Crippen LogP contribution < -0.4 is 16.8 Å². The smallest absolute Gasteiger partial charge is 0.231 e. The lowest BCUT2D eigenvalue weighted by Gasteiger charge is -2.31. The molecule has 0 unspecified atom stereocenters. The summed E-state index contributed by atoms with van der Waals surface area (Å²) < 4.78 is 0. The standard InChI is InChI=1S/C12H19N5O2S/c13-10(18)6-17-3-1-8(2-4-17)15-11(19)5-9-7-20-12(14)16-9/h7-8H,1-6H2,(H2,13,18)(H2,14,16)(H,15,19). The number of nitrogens with zero attached hydrogens (tertiary/aromatic N) is 2. The molecular formula is C12H19N5O2S. The summed E-state index contributed by atoms with van der Waals surface area (Å²) >= 11 is 1.33. The first kappa shape index (κ1) is 14.7. The van der Waals surface area contributed by atoms with E-state index in [-0.39, 0.29) is 24.3 Å². The van der Waals surface area contributed by atoms with Gasteiger partial charge in [0.2, 0.25) is 11.8 Å². The number of carbonyl (C=O) groups is 2. The van der Waals surface area contributed by atoms with Crippen molar-refractivity contribution >= 4 is 28.3 Å². The second-order valence-electron chi connectivity index (χ2n) is 4.94. The number of carbonyl (C=O) groups excluding carboxylic acids is 2. The number of anilines is 1. The molecule has 0 saturated carbocycles. The van der Waals surface area contributed by atoms with Gasteiger partial charge in [0.05, 0.1) is 18.7 Å². The van der Waals surface area contributed by atoms with Crippen molar-refractivity contribution in [1.29, 1.82) is 0 Å². The highest BCUT2D eigenvalue weighted by Gasteiger charge is 2.21. The van der Waals surface area contributed by atoms with E-state index in [0.717, 1.165) is 25.9 Å². The molecule has 0 radical (unpaired) electrons. The summed E-state index contributed by atoms with van der Waals surface area (Å²) in [6.45, 7) is 1.84. The van der Waals surface area contributed by atoms with E-state index in [4.69, 9.17) is 11.5 Å². The SMILES string of the molecule is NC(=O)CN1CCC(NC(=O)Cc2csc(N)n2)CC1. The van der Waals surface area contributed by atoms with Crippen molar-refractivity contribution in [2.75, 3.05) is 25.4 Å². The Bertz CT molecular complexity index is 482. The first-order valence-corrected chi connectivity index (χ1v) is 7.41. The maximum atomic E-state index is 11.9. The molecule has 1 aliphatic heterocycles. The molecule has 5 N–H and O–H groups in total. The van der Waals surface area contributed by atoms with Crippen LogP contribution in [0.2, 0.25) is 0 Å². The number of hydrogen-bond donors (Lipinski definition) is 3. The zero-order valence-electron chi connectivity index (χ0n) is 11.2. The molecule has 1 aromatic rings. The Morgan fingerprint density at radius 2 is 2.15 bits per heavy atom. The summed E-state index contributed by atoms with van der Waals surface area (Å²) in [5, 5.41) is 5.27. The molecule has 0 bridgehead atoms. The fraction of sp³-hybridized carbons (Fsp3) is 0.583. The van der Waals surface area contributed by atoms with E-state index in [1.54, 1.807) is 5.38 Å². The van der Waals surface area contributed by atoms with E-state index in [1.165, 1.54) is 11.3 Å². The number of aromatic nitrogens is 1. The van der Waals surface area contributed by atoms with E-state index in [2.05, 4.69) is 10.3 Å². The second kappa shape index (κ2) is 6.67. The minimum Gasteiger partial charge on any atom is -0.375 e. The summed E-state index contributed by atoms with van der Waals surface area (Å²) in [6.07, 6.45) is 1.92. The van der Waals surface area contributed by atoms with Crippen molar-refractivity contribution in [1.82, 2.24) is 15.2 Å². The number of likely N-dealkylation sites (tertiary alicyclic amines) is 1. The molecule has 2 amide bonds. The van der Waals surface area contributed by atoms with Crippen LogP contribution in [0.15, 0.2) is 5.38 Å². The lowest BCUT2D eigenvalue weighted by Crippen LogP contribution is -2.47. The third-order valence-corrected chi connectivity index (χ3v) is 3.97. The number of nitrogens with two attached hydrogens (primary N) is 2. The van der Waals surface area contributed by atoms with E-state index in [0.29, 0.717) is 17.4 Å². The van der Waals surface area contributed by atoms with Crippen molar-refractivity contribution in [3.63, 3.8) is 0 Å². The van der Waals surface area contributed by atoms with Crippen molar-refractivity contribution in [2.24, 2.45) is 5.73 Å². The zero-order chi connectivity index (χ0) is 14.5. The topological polar surface area (TPSA) is 114 Å². The fourth-order valence-electron chi connectivity index (χ4n) is 2.30. The maximum Gasteiger partial charge on any atom is 0.231 e. The zero-order valence-corrected chi connectivity index (χ0v) is 12.0. The molecule has 2 heterocycles. The van der Waals surface area contributed by atoms with Crippen LogP contribution >= 0.6 is 11.3 Å². The first-order valence-electron chi connectivity index (χ1n) is 6.53. The normalized spacial score (nSPS) is 17.0. The minimum absolute atomic E-state index is 0.0383. The highest BCUT2D eigenvalue weighted by molar-refractivity contribution is 7.13. The van der Waals surface area contributed by atoms with Gasteiger partial charge in [0, 0.05) is 24.5 Å². The quantitative estimate of drug-likeness (QED) is 0.667. The van der Waals surface area contributed by atoms with Crippen LogP contribution in [0.3, 0.4) is 0 Å². The van der Waals surface area contributed by atoms with Gasteiger partial charge in [0.25, 0.3) is 0 Å². The van der Waals surface area contributed by atoms with Crippen LogP contribution in [0.25, 0.3) is 0 Å². The molecular weight excluding hydrogens is 278 g/mol. The number of thiazole rings is 1. The molecule has 7 nitrogen and oxygen atoms in total. The third kappa shape index (κ3) is 4.46. The van der Waals surface area contributed by atoms with Crippen LogP contribution in [-0.2, 0) is 16.0 Å². The Labute approximate surface area is 121 Å². The predicted octanol–water partition coefficient (Wildman–Crippen LogP) is -0.666. The fourth-order valence-corrected chi connectivity index (χ4v) is 2.87. The van der Waals surface area contributed by atoms with Crippen LogP contribution in [0.5, 0.6) is 0 Å². The second-order valence-corrected chi connectivity index (χ2v) is 5.83. The average molecular weight is 297 g/mol. The highest BCUT2D eigenvalue weighted by atomic mass is 32.1. The van der Waals surface area contributed by atoms with Crippen molar-refractivity contribution in [3.8, 4) is 0 Å². The first-order chi connectivity index (χ1) is 9.52. The molecule has 1 saturated heterocycles. The van der Waals surface area contributed by atoms with Gasteiger partial charge in [-0.1, -0.05) is 0 Å². The average Bonchev–Trinajstić information content (AvgIpc) is 2.76. The van der Waals surface area contributed by atoms with E-state index >= 15 is 0 Å². The van der Waals surface area contributed by atoms with Crippen LogP contribution in [0, 0.1) is 0 Å². The van der Waals surface area contributed by atoms with E-state index in [9.17, 15) is 9.59 Å². The molecule has 20 heavy (non-hydrogen) atoms. The highest BCUT2D eigenvalue weighted by Crippen LogP contribution is 2.13. The molecule has 1 fully saturated rings. The van der Waals surface area contributed by atoms with Crippen molar-refractivity contribution < 1.29 is 9.59 Å². The van der Waals surface area contributed by atoms with Gasteiger partial charge in [0.1, 0.15) is 0 Å². The van der Waals surface area contributed by atoms with Crippen LogP contribution in [-0.4, -0.2) is 47.4 Å². The maximum absolute atomic E-state index is 11.9. The van der Waals surface area contributed by atoms with Gasteiger partial charge < -0.3 is 16.8 Å². The molecule has 0 aliphatic carbocycles. The lowest BCUT2D eigenvalue weighted by atomic mass is 10.0. The molecule has 110 valence electrons. The number of rotatable bonds is 5. The van der Waals surface area contributed by atoms with E-state index < -0.39 is 0 Å². The number of amides is 2. The summed E-state index contributed by atoms with van der Waals surface area (Å²) in [4.78, 5) is 28.8. The molecule has 0 aromatic carbocycles. The number of hydrogen-bond acceptors (Lipinski definition) is 6. The van der Waals surface area contributed by atoms with Gasteiger partial charge in [0.15, 0.2) is 5.13 Å². The van der Waals surface area contributed by atoms with Crippen molar-refractivity contribution in [3.05, 3.63) is 11.1 Å². The van der Waals surface area contributed by atoms with Gasteiger partial charge in [-0.3, -0.25) is 14.5 Å². The largest absolute Gasteiger partial charge is 0.375 e. The lowest BCUT2D eigenvalue weighted by molar-refractivity contribution is -0.122. The van der Waals surface area contributed by atoms with Gasteiger partial charge in [-0.2, -0.15) is 0 Å². The summed E-state index contributed by atoms with van der Waals surface area (Å²) in [6, 6.07) is 0.155.